The molecule has 0 heterocycles. The molecule has 17 heteroatoms. The Kier molecular flexibility index (Phi) is 33.3. The highest BCUT2D eigenvalue weighted by molar-refractivity contribution is 6.64. The molecule has 0 aliphatic rings. The first-order valence-electron chi connectivity index (χ1n) is 23.8. The fourth-order valence-corrected chi connectivity index (χ4v) is 5.36. The van der Waals surface area contributed by atoms with Gasteiger partial charge in [0.1, 0.15) is 41.9 Å². The summed E-state index contributed by atoms with van der Waals surface area (Å²) < 4.78 is 35.4. The number of methoxy groups -OCH3 is 5. The third-order valence-electron chi connectivity index (χ3n) is 9.90. The molecule has 0 radical (unpaired) electrons. The SMILES string of the molecule is CC(C)(C)C(=O)Cl.CCOC(=O)CN(C)c1cccc(OC)c1.CNc1cccc(OC)c1.COc1cccc(N(C)CCO)c1.COc1cccc(N(C)CCOC(=O)C(C)(C)C)c1.COc1cccc(N)c1. The molecule has 0 aliphatic heterocycles. The van der Waals surface area contributed by atoms with Crippen LogP contribution in [-0.2, 0) is 23.9 Å². The van der Waals surface area contributed by atoms with E-state index in [1.165, 1.54) is 0 Å². The van der Waals surface area contributed by atoms with Gasteiger partial charge < -0.3 is 64.0 Å². The van der Waals surface area contributed by atoms with Crippen molar-refractivity contribution in [2.45, 2.75) is 48.5 Å². The number of nitrogens with two attached hydrogens (primary N) is 1. The molecular formula is C57H84ClN5O11. The molecule has 0 bridgehead atoms. The van der Waals surface area contributed by atoms with Crippen LogP contribution in [0.25, 0.3) is 0 Å². The Morgan fingerprint density at radius 1 is 0.568 bits per heavy atom. The van der Waals surface area contributed by atoms with Crippen molar-refractivity contribution in [2.75, 3.05) is 129 Å². The molecule has 0 spiro atoms. The van der Waals surface area contributed by atoms with Crippen LogP contribution in [-0.4, -0.2) is 125 Å². The van der Waals surface area contributed by atoms with Crippen LogP contribution < -0.4 is 49.4 Å². The minimum absolute atomic E-state index is 0.160. The Morgan fingerprint density at radius 3 is 1.30 bits per heavy atom. The summed E-state index contributed by atoms with van der Waals surface area (Å²) in [7, 11) is 15.8. The van der Waals surface area contributed by atoms with Gasteiger partial charge in [-0.1, -0.05) is 51.1 Å². The Hall–Kier alpha value is -7.04. The number of carbonyl (C=O) groups excluding carboxylic acids is 3. The molecule has 5 aromatic carbocycles. The molecule has 0 unspecified atom stereocenters. The maximum atomic E-state index is 11.6. The topological polar surface area (TPSA) is 184 Å². The Morgan fingerprint density at radius 2 is 0.946 bits per heavy atom. The number of aliphatic hydroxyl groups is 1. The lowest BCUT2D eigenvalue weighted by molar-refractivity contribution is -0.152. The highest BCUT2D eigenvalue weighted by Crippen LogP contribution is 2.23. The number of benzene rings is 5. The quantitative estimate of drug-likeness (QED) is 0.0454. The Balaban J connectivity index is 0.000000890. The summed E-state index contributed by atoms with van der Waals surface area (Å²) in [6, 6.07) is 38.2. The smallest absolute Gasteiger partial charge is 0.325 e. The number of likely N-dealkylation sites (N-methyl/N-ethyl adjacent to an activating group) is 3. The number of carbonyl (C=O) groups is 3. The van der Waals surface area contributed by atoms with Crippen molar-refractivity contribution in [1.82, 2.24) is 0 Å². The van der Waals surface area contributed by atoms with Gasteiger partial charge in [-0.3, -0.25) is 14.4 Å². The largest absolute Gasteiger partial charge is 0.497 e. The maximum absolute atomic E-state index is 11.6. The average molecular weight is 1050 g/mol. The summed E-state index contributed by atoms with van der Waals surface area (Å²) in [4.78, 5) is 39.0. The number of ether oxygens (including phenoxy) is 7. The Labute approximate surface area is 446 Å². The molecular weight excluding hydrogens is 966 g/mol. The van der Waals surface area contributed by atoms with Crippen LogP contribution in [0.3, 0.4) is 0 Å². The summed E-state index contributed by atoms with van der Waals surface area (Å²) in [5.74, 6) is 3.70. The van der Waals surface area contributed by atoms with Gasteiger partial charge in [-0.25, -0.2) is 0 Å². The van der Waals surface area contributed by atoms with Crippen molar-refractivity contribution in [3.8, 4) is 28.7 Å². The number of nitrogens with one attached hydrogen (secondary N) is 1. The zero-order valence-corrected chi connectivity index (χ0v) is 47.4. The lowest BCUT2D eigenvalue weighted by Gasteiger charge is -2.21. The number of halogens is 1. The second kappa shape index (κ2) is 36.8. The van der Waals surface area contributed by atoms with E-state index in [-0.39, 0.29) is 35.7 Å². The van der Waals surface area contributed by atoms with Crippen molar-refractivity contribution in [3.05, 3.63) is 121 Å². The first kappa shape index (κ1) is 67.0. The second-order valence-electron chi connectivity index (χ2n) is 18.0. The normalized spacial score (nSPS) is 10.0. The monoisotopic (exact) mass is 1050 g/mol. The van der Waals surface area contributed by atoms with Crippen LogP contribution in [0.2, 0.25) is 0 Å². The van der Waals surface area contributed by atoms with Gasteiger partial charge in [0.05, 0.1) is 60.7 Å². The van der Waals surface area contributed by atoms with Crippen LogP contribution in [0, 0.1) is 10.8 Å². The van der Waals surface area contributed by atoms with Gasteiger partial charge in [0, 0.05) is 98.9 Å². The predicted octanol–water partition coefficient (Wildman–Crippen LogP) is 10.4. The van der Waals surface area contributed by atoms with E-state index in [1.807, 2.05) is 179 Å². The van der Waals surface area contributed by atoms with E-state index in [1.54, 1.807) is 69.3 Å². The van der Waals surface area contributed by atoms with Gasteiger partial charge in [-0.2, -0.15) is 0 Å². The van der Waals surface area contributed by atoms with Gasteiger partial charge in [-0.05, 0) is 100.0 Å². The zero-order chi connectivity index (χ0) is 56.3. The number of hydrogen-bond acceptors (Lipinski definition) is 16. The first-order chi connectivity index (χ1) is 34.9. The molecule has 0 aromatic heterocycles. The van der Waals surface area contributed by atoms with Gasteiger partial charge >= 0.3 is 11.9 Å². The summed E-state index contributed by atoms with van der Waals surface area (Å²) in [5.41, 5.74) is 9.44. The summed E-state index contributed by atoms with van der Waals surface area (Å²) in [6.45, 7) is 15.1. The average Bonchev–Trinajstić information content (AvgIpc) is 3.39. The summed E-state index contributed by atoms with van der Waals surface area (Å²) in [5, 5.41) is 11.5. The fraction of sp³-hybridized carbons (Fsp3) is 0.421. The number of esters is 2. The molecule has 16 nitrogen and oxygen atoms in total. The van der Waals surface area contributed by atoms with Crippen LogP contribution in [0.4, 0.5) is 28.4 Å². The lowest BCUT2D eigenvalue weighted by atomic mass is 9.97. The number of anilines is 5. The summed E-state index contributed by atoms with van der Waals surface area (Å²) in [6.07, 6.45) is 0. The predicted molar refractivity (Wildman–Crippen MR) is 303 cm³/mol. The van der Waals surface area contributed by atoms with Gasteiger partial charge in [0.15, 0.2) is 0 Å². The van der Waals surface area contributed by atoms with Gasteiger partial charge in [-0.15, -0.1) is 0 Å². The van der Waals surface area contributed by atoms with Crippen LogP contribution >= 0.6 is 11.6 Å². The molecule has 410 valence electrons. The molecule has 0 atom stereocenters. The van der Waals surface area contributed by atoms with Crippen molar-refractivity contribution < 1.29 is 52.6 Å². The lowest BCUT2D eigenvalue weighted by Crippen LogP contribution is -2.28. The van der Waals surface area contributed by atoms with E-state index in [0.717, 1.165) is 57.2 Å². The maximum Gasteiger partial charge on any atom is 0.325 e. The third-order valence-corrected chi connectivity index (χ3v) is 10.5. The summed E-state index contributed by atoms with van der Waals surface area (Å²) >= 11 is 5.11. The van der Waals surface area contributed by atoms with E-state index in [0.29, 0.717) is 26.3 Å². The van der Waals surface area contributed by atoms with E-state index < -0.39 is 5.41 Å². The number of nitrogens with zero attached hydrogens (tertiary/aromatic N) is 3. The highest BCUT2D eigenvalue weighted by atomic mass is 35.5. The fourth-order valence-electron chi connectivity index (χ4n) is 5.36. The van der Waals surface area contributed by atoms with Crippen molar-refractivity contribution in [2.24, 2.45) is 10.8 Å². The number of aliphatic hydroxyl groups excluding tert-OH is 1. The van der Waals surface area contributed by atoms with E-state index in [9.17, 15) is 14.4 Å². The number of nitrogen functional groups attached to an aromatic ring is 1. The second-order valence-corrected chi connectivity index (χ2v) is 18.3. The van der Waals surface area contributed by atoms with Crippen LogP contribution in [0.5, 0.6) is 28.7 Å². The number of hydrogen-bond donors (Lipinski definition) is 3. The van der Waals surface area contributed by atoms with Gasteiger partial charge in [0.2, 0.25) is 5.24 Å². The minimum Gasteiger partial charge on any atom is -0.497 e. The van der Waals surface area contributed by atoms with E-state index in [4.69, 9.17) is 55.6 Å². The standard InChI is InChI=1S/C15H23NO3.C12H17NO3.C10H15NO2.C8H11NO.C7H9NO.C5H9ClO/c1-15(2,3)14(17)19-10-9-16(4)12-7-6-8-13(11-12)18-5;1-4-16-12(14)9-13(2)10-6-5-7-11(8-10)15-3;1-11(6-7-12)9-4-3-5-10(8-9)13-2;1-9-7-4-3-5-8(6-7)10-2;1-9-7-4-2-3-6(8)5-7;1-5(2,3)4(6)7/h6-8,11H,9-10H2,1-5H3;5-8H,4,9H2,1-3H3;3-5,8,12H,6-7H2,1-2H3;3-6,9H,1-2H3;2-5H,8H2,1H3;1-3H3. The molecule has 0 fully saturated rings. The molecule has 74 heavy (non-hydrogen) atoms. The Bertz CT molecular complexity index is 2320. The van der Waals surface area contributed by atoms with Crippen LogP contribution in [0.15, 0.2) is 121 Å². The van der Waals surface area contributed by atoms with Crippen molar-refractivity contribution >= 4 is 57.2 Å². The van der Waals surface area contributed by atoms with Crippen molar-refractivity contribution in [3.63, 3.8) is 0 Å². The van der Waals surface area contributed by atoms with Gasteiger partial charge in [0.25, 0.3) is 0 Å². The zero-order valence-electron chi connectivity index (χ0n) is 46.6. The molecule has 5 rings (SSSR count). The minimum atomic E-state index is -0.450. The molecule has 4 N–H and O–H groups in total. The van der Waals surface area contributed by atoms with E-state index in [2.05, 4.69) is 5.32 Å². The van der Waals surface area contributed by atoms with Crippen LogP contribution in [0.1, 0.15) is 48.5 Å². The first-order valence-corrected chi connectivity index (χ1v) is 24.2. The molecule has 0 aliphatic carbocycles. The molecule has 0 amide bonds. The van der Waals surface area contributed by atoms with Crippen molar-refractivity contribution in [1.29, 1.82) is 0 Å². The molecule has 0 saturated carbocycles. The highest BCUT2D eigenvalue weighted by Gasteiger charge is 2.23. The number of rotatable bonds is 17. The molecule has 5 aromatic rings. The molecule has 0 saturated heterocycles. The third kappa shape index (κ3) is 29.5. The van der Waals surface area contributed by atoms with E-state index >= 15 is 0 Å².